The lowest BCUT2D eigenvalue weighted by atomic mass is 10.0. The van der Waals surface area contributed by atoms with E-state index in [4.69, 9.17) is 0 Å². The Morgan fingerprint density at radius 1 is 0.826 bits per heavy atom. The fourth-order valence-electron chi connectivity index (χ4n) is 1.94. The van der Waals surface area contributed by atoms with Crippen LogP contribution in [0.1, 0.15) is 22.7 Å². The molecule has 0 aliphatic heterocycles. The van der Waals surface area contributed by atoms with E-state index in [0.29, 0.717) is 11.6 Å². The Kier molecular flexibility index (Phi) is 4.77. The molecule has 7 heteroatoms. The monoisotopic (exact) mass is 331 g/mol. The molecule has 1 unspecified atom stereocenters. The van der Waals surface area contributed by atoms with Crippen molar-refractivity contribution in [3.63, 3.8) is 0 Å². The Morgan fingerprint density at radius 2 is 1.48 bits per heavy atom. The van der Waals surface area contributed by atoms with E-state index in [9.17, 15) is 26.3 Å². The average molecular weight is 331 g/mol. The second-order valence-electron chi connectivity index (χ2n) is 4.76. The Bertz CT molecular complexity index is 673. The van der Waals surface area contributed by atoms with Gasteiger partial charge in [-0.2, -0.15) is 26.3 Å². The molecule has 23 heavy (non-hydrogen) atoms. The third kappa shape index (κ3) is 4.58. The summed E-state index contributed by atoms with van der Waals surface area (Å²) in [6, 6.07) is 8.77. The van der Waals surface area contributed by atoms with Crippen molar-refractivity contribution in [2.75, 3.05) is 0 Å². The van der Waals surface area contributed by atoms with E-state index in [1.165, 1.54) is 0 Å². The summed E-state index contributed by atoms with van der Waals surface area (Å²) in [7, 11) is 0. The molecule has 122 valence electrons. The topological polar surface area (TPSA) is 12.4 Å². The van der Waals surface area contributed by atoms with Crippen LogP contribution in [0.25, 0.3) is 0 Å². The van der Waals surface area contributed by atoms with Gasteiger partial charge in [-0.1, -0.05) is 42.5 Å². The van der Waals surface area contributed by atoms with Crippen LogP contribution in [-0.2, 0) is 6.18 Å². The van der Waals surface area contributed by atoms with Crippen molar-refractivity contribution in [3.05, 3.63) is 71.3 Å². The quantitative estimate of drug-likeness (QED) is 0.525. The van der Waals surface area contributed by atoms with E-state index in [1.54, 1.807) is 30.3 Å². The molecule has 0 heterocycles. The molecule has 0 aliphatic rings. The molecule has 0 N–H and O–H groups in total. The number of hydrogen-bond donors (Lipinski definition) is 0. The van der Waals surface area contributed by atoms with Crippen LogP contribution in [0.5, 0.6) is 0 Å². The van der Waals surface area contributed by atoms with Crippen LogP contribution in [0.4, 0.5) is 26.3 Å². The lowest BCUT2D eigenvalue weighted by Crippen LogP contribution is -2.20. The summed E-state index contributed by atoms with van der Waals surface area (Å²) >= 11 is 0. The van der Waals surface area contributed by atoms with Gasteiger partial charge in [0.1, 0.15) is 0 Å². The summed E-state index contributed by atoms with van der Waals surface area (Å²) in [6.07, 6.45) is -8.51. The predicted octanol–water partition coefficient (Wildman–Crippen LogP) is 5.43. The third-order valence-electron chi connectivity index (χ3n) is 3.01. The average Bonchev–Trinajstić information content (AvgIpc) is 2.46. The Morgan fingerprint density at radius 3 is 2.04 bits per heavy atom. The van der Waals surface area contributed by atoms with Crippen LogP contribution < -0.4 is 0 Å². The fraction of sp³-hybridized carbons (Fsp3) is 0.188. The van der Waals surface area contributed by atoms with Crippen molar-refractivity contribution in [2.45, 2.75) is 18.4 Å². The zero-order valence-electron chi connectivity index (χ0n) is 11.6. The van der Waals surface area contributed by atoms with Crippen LogP contribution in [0, 0.1) is 0 Å². The maximum Gasteiger partial charge on any atom is 0.416 e. The predicted molar refractivity (Wildman–Crippen MR) is 74.3 cm³/mol. The minimum absolute atomic E-state index is 0.425. The Labute approximate surface area is 128 Å². The van der Waals surface area contributed by atoms with Crippen molar-refractivity contribution in [1.29, 1.82) is 0 Å². The summed E-state index contributed by atoms with van der Waals surface area (Å²) in [5.41, 5.74) is -1.27. The van der Waals surface area contributed by atoms with Gasteiger partial charge in [-0.25, -0.2) is 0 Å². The largest absolute Gasteiger partial charge is 0.416 e. The SMILES string of the molecule is FC(F)(F)c1cccc(C(N=Cc2ccccc2)C(F)(F)F)c1. The summed E-state index contributed by atoms with van der Waals surface area (Å²) < 4.78 is 77.4. The van der Waals surface area contributed by atoms with E-state index in [1.807, 2.05) is 0 Å². The maximum absolute atomic E-state index is 13.1. The van der Waals surface area contributed by atoms with Gasteiger partial charge < -0.3 is 0 Å². The minimum atomic E-state index is -4.80. The van der Waals surface area contributed by atoms with Gasteiger partial charge in [-0.3, -0.25) is 4.99 Å². The second kappa shape index (κ2) is 6.44. The van der Waals surface area contributed by atoms with Crippen molar-refractivity contribution in [2.24, 2.45) is 4.99 Å². The van der Waals surface area contributed by atoms with Crippen LogP contribution >= 0.6 is 0 Å². The van der Waals surface area contributed by atoms with Crippen LogP contribution in [0.15, 0.2) is 59.6 Å². The highest BCUT2D eigenvalue weighted by Gasteiger charge is 2.41. The molecule has 1 atom stereocenters. The lowest BCUT2D eigenvalue weighted by Gasteiger charge is -2.18. The molecule has 0 amide bonds. The molecule has 0 radical (unpaired) electrons. The molecular weight excluding hydrogens is 320 g/mol. The van der Waals surface area contributed by atoms with Gasteiger partial charge >= 0.3 is 12.4 Å². The maximum atomic E-state index is 13.1. The number of halogens is 6. The molecule has 0 aliphatic carbocycles. The van der Waals surface area contributed by atoms with Gasteiger partial charge in [0.15, 0.2) is 6.04 Å². The van der Waals surface area contributed by atoms with Gasteiger partial charge in [0, 0.05) is 6.21 Å². The van der Waals surface area contributed by atoms with Crippen molar-refractivity contribution >= 4 is 6.21 Å². The first-order valence-corrected chi connectivity index (χ1v) is 6.50. The van der Waals surface area contributed by atoms with Crippen LogP contribution in [0.2, 0.25) is 0 Å². The highest BCUT2D eigenvalue weighted by molar-refractivity contribution is 5.79. The zero-order chi connectivity index (χ0) is 17.1. The smallest absolute Gasteiger partial charge is 0.275 e. The standard InChI is InChI=1S/C16H11F6N/c17-15(18,19)13-8-4-7-12(9-13)14(16(20,21)22)23-10-11-5-2-1-3-6-11/h1-10,14H. The first-order valence-electron chi connectivity index (χ1n) is 6.50. The molecule has 0 aromatic heterocycles. The molecule has 0 saturated heterocycles. The molecule has 0 spiro atoms. The highest BCUT2D eigenvalue weighted by Crippen LogP contribution is 2.38. The Hall–Kier alpha value is -2.31. The number of nitrogens with zero attached hydrogens (tertiary/aromatic N) is 1. The summed E-state index contributed by atoms with van der Waals surface area (Å²) in [6.45, 7) is 0. The highest BCUT2D eigenvalue weighted by atomic mass is 19.4. The lowest BCUT2D eigenvalue weighted by molar-refractivity contribution is -0.149. The summed E-state index contributed by atoms with van der Waals surface area (Å²) in [5, 5.41) is 0. The number of benzene rings is 2. The molecule has 2 aromatic carbocycles. The van der Waals surface area contributed by atoms with Gasteiger partial charge in [0.25, 0.3) is 0 Å². The van der Waals surface area contributed by atoms with Gasteiger partial charge in [0.2, 0.25) is 0 Å². The minimum Gasteiger partial charge on any atom is -0.275 e. The normalized spacial score (nSPS) is 14.2. The molecule has 2 aromatic rings. The molecular formula is C16H11F6N. The summed E-state index contributed by atoms with van der Waals surface area (Å²) in [5.74, 6) is 0. The summed E-state index contributed by atoms with van der Waals surface area (Å²) in [4.78, 5) is 3.44. The van der Waals surface area contributed by atoms with E-state index in [-0.39, 0.29) is 0 Å². The zero-order valence-corrected chi connectivity index (χ0v) is 11.6. The second-order valence-corrected chi connectivity index (χ2v) is 4.76. The van der Waals surface area contributed by atoms with E-state index < -0.39 is 29.5 Å². The van der Waals surface area contributed by atoms with Crippen LogP contribution in [0.3, 0.4) is 0 Å². The van der Waals surface area contributed by atoms with Crippen molar-refractivity contribution in [3.8, 4) is 0 Å². The third-order valence-corrected chi connectivity index (χ3v) is 3.01. The van der Waals surface area contributed by atoms with Gasteiger partial charge in [0.05, 0.1) is 5.56 Å². The van der Waals surface area contributed by atoms with Gasteiger partial charge in [-0.05, 0) is 23.3 Å². The molecule has 0 fully saturated rings. The molecule has 0 bridgehead atoms. The van der Waals surface area contributed by atoms with E-state index >= 15 is 0 Å². The first kappa shape index (κ1) is 17.1. The molecule has 1 nitrogen and oxygen atoms in total. The molecule has 0 saturated carbocycles. The van der Waals surface area contributed by atoms with Crippen LogP contribution in [-0.4, -0.2) is 12.4 Å². The van der Waals surface area contributed by atoms with Crippen molar-refractivity contribution in [1.82, 2.24) is 0 Å². The fourth-order valence-corrected chi connectivity index (χ4v) is 1.94. The van der Waals surface area contributed by atoms with Crippen molar-refractivity contribution < 1.29 is 26.3 Å². The van der Waals surface area contributed by atoms with Gasteiger partial charge in [-0.15, -0.1) is 0 Å². The number of aliphatic imine (C=N–C) groups is 1. The Balaban J connectivity index is 2.39. The number of alkyl halides is 6. The van der Waals surface area contributed by atoms with E-state index in [0.717, 1.165) is 24.4 Å². The number of hydrogen-bond acceptors (Lipinski definition) is 1. The molecule has 2 rings (SSSR count). The van der Waals surface area contributed by atoms with E-state index in [2.05, 4.69) is 4.99 Å². The number of rotatable bonds is 3. The first-order chi connectivity index (χ1) is 10.7.